The minimum Gasteiger partial charge on any atom is -0.370 e. The van der Waals surface area contributed by atoms with Crippen LogP contribution in [0.1, 0.15) is 27.3 Å². The second-order valence-electron chi connectivity index (χ2n) is 6.94. The Bertz CT molecular complexity index is 1040. The van der Waals surface area contributed by atoms with Gasteiger partial charge in [0.25, 0.3) is 5.91 Å². The molecule has 1 amide bonds. The molecule has 1 aliphatic rings. The van der Waals surface area contributed by atoms with E-state index in [-0.39, 0.29) is 5.91 Å². The topological polar surface area (TPSA) is 73.1 Å². The summed E-state index contributed by atoms with van der Waals surface area (Å²) in [7, 11) is 0. The molecule has 1 saturated heterocycles. The summed E-state index contributed by atoms with van der Waals surface area (Å²) in [4.78, 5) is 27.0. The zero-order valence-corrected chi connectivity index (χ0v) is 17.0. The van der Waals surface area contributed by atoms with E-state index >= 15 is 0 Å². The van der Waals surface area contributed by atoms with E-state index in [0.717, 1.165) is 48.1 Å². The Labute approximate surface area is 174 Å². The Morgan fingerprint density at radius 1 is 1.10 bits per heavy atom. The smallest absolute Gasteiger partial charge is 0.265 e. The van der Waals surface area contributed by atoms with E-state index in [0.29, 0.717) is 17.0 Å². The third-order valence-corrected chi connectivity index (χ3v) is 6.19. The number of aryl methyl sites for hydroxylation is 1. The van der Waals surface area contributed by atoms with E-state index in [2.05, 4.69) is 20.9 Å². The summed E-state index contributed by atoms with van der Waals surface area (Å²) in [5.74, 6) is 0.0452. The molecule has 0 radical (unpaired) electrons. The highest BCUT2D eigenvalue weighted by Crippen LogP contribution is 2.28. The largest absolute Gasteiger partial charge is 0.370 e. The van der Waals surface area contributed by atoms with Gasteiger partial charge in [0.2, 0.25) is 0 Å². The predicted molar refractivity (Wildman–Crippen MR) is 114 cm³/mol. The number of carbonyl (C=O) groups excluding carboxylic acids is 1. The zero-order chi connectivity index (χ0) is 20.2. The van der Waals surface area contributed by atoms with Crippen molar-refractivity contribution in [1.82, 2.24) is 14.9 Å². The number of hydrogen-bond donors (Lipinski definition) is 0. The molecule has 0 N–H and O–H groups in total. The first-order valence-electron chi connectivity index (χ1n) is 9.59. The summed E-state index contributed by atoms with van der Waals surface area (Å²) in [5, 5.41) is 9.75. The van der Waals surface area contributed by atoms with Crippen molar-refractivity contribution in [3.05, 3.63) is 64.8 Å². The summed E-state index contributed by atoms with van der Waals surface area (Å²) in [6.45, 7) is 4.92. The number of rotatable bonds is 3. The van der Waals surface area contributed by atoms with Gasteiger partial charge in [0.1, 0.15) is 9.88 Å². The van der Waals surface area contributed by atoms with Gasteiger partial charge in [0, 0.05) is 38.1 Å². The van der Waals surface area contributed by atoms with Crippen LogP contribution in [-0.4, -0.2) is 47.0 Å². The summed E-state index contributed by atoms with van der Waals surface area (Å²) in [6.07, 6.45) is 2.64. The van der Waals surface area contributed by atoms with Crippen molar-refractivity contribution in [3.63, 3.8) is 0 Å². The second kappa shape index (κ2) is 8.41. The van der Waals surface area contributed by atoms with E-state index in [4.69, 9.17) is 5.26 Å². The predicted octanol–water partition coefficient (Wildman–Crippen LogP) is 3.74. The highest BCUT2D eigenvalue weighted by atomic mass is 32.1. The number of pyridine rings is 1. The van der Waals surface area contributed by atoms with Gasteiger partial charge >= 0.3 is 0 Å². The van der Waals surface area contributed by atoms with Crippen LogP contribution in [0, 0.1) is 18.3 Å². The summed E-state index contributed by atoms with van der Waals surface area (Å²) in [5.41, 5.74) is 3.30. The molecule has 0 spiro atoms. The van der Waals surface area contributed by atoms with Crippen molar-refractivity contribution < 1.29 is 4.79 Å². The van der Waals surface area contributed by atoms with Gasteiger partial charge in [0.05, 0.1) is 23.0 Å². The molecule has 0 aliphatic carbocycles. The normalized spacial score (nSPS) is 14.3. The van der Waals surface area contributed by atoms with E-state index in [1.807, 2.05) is 54.3 Å². The van der Waals surface area contributed by atoms with Crippen LogP contribution in [0.3, 0.4) is 0 Å². The molecule has 3 heterocycles. The Balaban J connectivity index is 1.47. The molecular formula is C22H21N5OS. The lowest BCUT2D eigenvalue weighted by Gasteiger charge is -2.23. The minimum absolute atomic E-state index is 0.0452. The van der Waals surface area contributed by atoms with Gasteiger partial charge in [0.15, 0.2) is 0 Å². The molecule has 1 aliphatic heterocycles. The third-order valence-electron chi connectivity index (χ3n) is 5.02. The molecule has 146 valence electrons. The fraction of sp³-hybridized carbons (Fsp3) is 0.273. The van der Waals surface area contributed by atoms with E-state index < -0.39 is 0 Å². The van der Waals surface area contributed by atoms with Gasteiger partial charge in [-0.15, -0.1) is 11.3 Å². The van der Waals surface area contributed by atoms with Crippen LogP contribution in [0.2, 0.25) is 0 Å². The summed E-state index contributed by atoms with van der Waals surface area (Å²) < 4.78 is 0. The van der Waals surface area contributed by atoms with Gasteiger partial charge in [-0.2, -0.15) is 5.26 Å². The van der Waals surface area contributed by atoms with Gasteiger partial charge in [-0.3, -0.25) is 9.78 Å². The van der Waals surface area contributed by atoms with Gasteiger partial charge < -0.3 is 9.80 Å². The molecule has 2 aromatic heterocycles. The Kier molecular flexibility index (Phi) is 5.54. The van der Waals surface area contributed by atoms with Crippen molar-refractivity contribution in [2.75, 3.05) is 31.1 Å². The van der Waals surface area contributed by atoms with Crippen molar-refractivity contribution in [3.8, 4) is 16.8 Å². The van der Waals surface area contributed by atoms with Crippen molar-refractivity contribution in [2.24, 2.45) is 0 Å². The highest BCUT2D eigenvalue weighted by molar-refractivity contribution is 7.17. The first-order chi connectivity index (χ1) is 14.2. The van der Waals surface area contributed by atoms with E-state index in [1.54, 1.807) is 6.20 Å². The van der Waals surface area contributed by atoms with Gasteiger partial charge in [-0.05, 0) is 49.7 Å². The molecule has 29 heavy (non-hydrogen) atoms. The van der Waals surface area contributed by atoms with Crippen LogP contribution in [0.25, 0.3) is 10.7 Å². The number of thiazole rings is 1. The molecule has 0 atom stereocenters. The molecule has 6 nitrogen and oxygen atoms in total. The molecule has 0 saturated carbocycles. The molecular weight excluding hydrogens is 382 g/mol. The van der Waals surface area contributed by atoms with Crippen LogP contribution >= 0.6 is 11.3 Å². The average Bonchev–Trinajstić information content (AvgIpc) is 2.99. The first kappa shape index (κ1) is 19.1. The third kappa shape index (κ3) is 4.13. The van der Waals surface area contributed by atoms with Gasteiger partial charge in [-0.25, -0.2) is 4.98 Å². The van der Waals surface area contributed by atoms with E-state index in [1.165, 1.54) is 11.3 Å². The molecule has 3 aromatic rings. The Hall–Kier alpha value is -3.24. The van der Waals surface area contributed by atoms with Crippen LogP contribution < -0.4 is 4.90 Å². The Morgan fingerprint density at radius 3 is 2.66 bits per heavy atom. The lowest BCUT2D eigenvalue weighted by atomic mass is 10.2. The number of amides is 1. The SMILES string of the molecule is Cc1nc(-c2ccccn2)sc1C(=O)N1CCCN(c2ccc(C#N)cc2)CC1. The number of hydrogen-bond acceptors (Lipinski definition) is 6. The first-order valence-corrected chi connectivity index (χ1v) is 10.4. The van der Waals surface area contributed by atoms with Crippen LogP contribution in [0.15, 0.2) is 48.7 Å². The standard InChI is InChI=1S/C22H21N5OS/c1-16-20(29-21(25-16)19-5-2-3-10-24-19)22(28)27-12-4-11-26(13-14-27)18-8-6-17(15-23)7-9-18/h2-3,5-10H,4,11-14H2,1H3. The maximum absolute atomic E-state index is 13.2. The van der Waals surface area contributed by atoms with Gasteiger partial charge in [-0.1, -0.05) is 6.07 Å². The maximum Gasteiger partial charge on any atom is 0.265 e. The zero-order valence-electron chi connectivity index (χ0n) is 16.2. The lowest BCUT2D eigenvalue weighted by molar-refractivity contribution is 0.0771. The number of nitriles is 1. The number of nitrogens with zero attached hydrogens (tertiary/aromatic N) is 5. The van der Waals surface area contributed by atoms with Crippen molar-refractivity contribution >= 4 is 22.9 Å². The molecule has 1 aromatic carbocycles. The van der Waals surface area contributed by atoms with Crippen LogP contribution in [0.4, 0.5) is 5.69 Å². The lowest BCUT2D eigenvalue weighted by Crippen LogP contribution is -2.35. The van der Waals surface area contributed by atoms with Crippen LogP contribution in [-0.2, 0) is 0 Å². The maximum atomic E-state index is 13.2. The number of anilines is 1. The minimum atomic E-state index is 0.0452. The van der Waals surface area contributed by atoms with Crippen LogP contribution in [0.5, 0.6) is 0 Å². The number of benzene rings is 1. The monoisotopic (exact) mass is 403 g/mol. The molecule has 0 bridgehead atoms. The average molecular weight is 404 g/mol. The number of aromatic nitrogens is 2. The fourth-order valence-corrected chi connectivity index (χ4v) is 4.47. The highest BCUT2D eigenvalue weighted by Gasteiger charge is 2.24. The van der Waals surface area contributed by atoms with Crippen molar-refractivity contribution in [1.29, 1.82) is 5.26 Å². The molecule has 0 unspecified atom stereocenters. The van der Waals surface area contributed by atoms with E-state index in [9.17, 15) is 4.79 Å². The molecule has 4 rings (SSSR count). The van der Waals surface area contributed by atoms with Crippen molar-refractivity contribution in [2.45, 2.75) is 13.3 Å². The number of carbonyl (C=O) groups is 1. The summed E-state index contributed by atoms with van der Waals surface area (Å²) in [6, 6.07) is 15.5. The fourth-order valence-electron chi connectivity index (χ4n) is 3.46. The molecule has 1 fully saturated rings. The molecule has 7 heteroatoms. The second-order valence-corrected chi connectivity index (χ2v) is 7.94. The summed E-state index contributed by atoms with van der Waals surface area (Å²) >= 11 is 1.41. The quantitative estimate of drug-likeness (QED) is 0.666. The Morgan fingerprint density at radius 2 is 1.93 bits per heavy atom.